The number of rotatable bonds is 3. The van der Waals surface area contributed by atoms with E-state index in [9.17, 15) is 0 Å². The Kier molecular flexibility index (Phi) is 4.28. The van der Waals surface area contributed by atoms with Crippen LogP contribution >= 0.6 is 11.6 Å². The molecule has 0 amide bonds. The van der Waals surface area contributed by atoms with Crippen LogP contribution in [0.5, 0.6) is 0 Å². The molecule has 0 aliphatic carbocycles. The van der Waals surface area contributed by atoms with Crippen molar-refractivity contribution in [3.63, 3.8) is 0 Å². The number of aromatic nitrogens is 2. The zero-order valence-corrected chi connectivity index (χ0v) is 14.2. The van der Waals surface area contributed by atoms with Gasteiger partial charge in [-0.05, 0) is 18.2 Å². The van der Waals surface area contributed by atoms with Gasteiger partial charge in [0.15, 0.2) is 5.82 Å². The molecule has 0 saturated heterocycles. The number of benzene rings is 3. The van der Waals surface area contributed by atoms with Gasteiger partial charge < -0.3 is 0 Å². The first kappa shape index (κ1) is 15.6. The Morgan fingerprint density at radius 1 is 0.520 bits per heavy atom. The molecular formula is C22H15ClN2. The van der Waals surface area contributed by atoms with Gasteiger partial charge in [0.25, 0.3) is 0 Å². The SMILES string of the molecule is Clc1cccc(-c2nc(-c3ccccc3)cc(-c3ccccc3)n2)c1. The van der Waals surface area contributed by atoms with E-state index in [1.165, 1.54) is 0 Å². The summed E-state index contributed by atoms with van der Waals surface area (Å²) in [5.41, 5.74) is 4.81. The molecular weight excluding hydrogens is 328 g/mol. The van der Waals surface area contributed by atoms with Gasteiger partial charge in [0.1, 0.15) is 0 Å². The number of hydrogen-bond donors (Lipinski definition) is 0. The molecule has 0 radical (unpaired) electrons. The van der Waals surface area contributed by atoms with Gasteiger partial charge in [-0.25, -0.2) is 9.97 Å². The van der Waals surface area contributed by atoms with Gasteiger partial charge in [-0.1, -0.05) is 84.4 Å². The van der Waals surface area contributed by atoms with Crippen molar-refractivity contribution in [1.82, 2.24) is 9.97 Å². The molecule has 0 bridgehead atoms. The summed E-state index contributed by atoms with van der Waals surface area (Å²) in [6, 6.07) is 29.9. The lowest BCUT2D eigenvalue weighted by atomic mass is 10.1. The fraction of sp³-hybridized carbons (Fsp3) is 0. The quantitative estimate of drug-likeness (QED) is 0.447. The predicted molar refractivity (Wildman–Crippen MR) is 103 cm³/mol. The van der Waals surface area contributed by atoms with Crippen LogP contribution in [0.15, 0.2) is 91.0 Å². The lowest BCUT2D eigenvalue weighted by molar-refractivity contribution is 1.18. The molecule has 120 valence electrons. The Balaban J connectivity index is 1.92. The smallest absolute Gasteiger partial charge is 0.160 e. The van der Waals surface area contributed by atoms with Crippen molar-refractivity contribution >= 4 is 11.6 Å². The van der Waals surface area contributed by atoms with Crippen LogP contribution in [0, 0.1) is 0 Å². The average molecular weight is 343 g/mol. The highest BCUT2D eigenvalue weighted by Gasteiger charge is 2.10. The molecule has 1 aromatic heterocycles. The number of hydrogen-bond acceptors (Lipinski definition) is 2. The third kappa shape index (κ3) is 3.44. The minimum absolute atomic E-state index is 0.669. The van der Waals surface area contributed by atoms with Crippen LogP contribution in [-0.4, -0.2) is 9.97 Å². The molecule has 0 unspecified atom stereocenters. The molecule has 0 spiro atoms. The first-order valence-electron chi connectivity index (χ1n) is 8.05. The lowest BCUT2D eigenvalue weighted by Gasteiger charge is -2.09. The van der Waals surface area contributed by atoms with Crippen molar-refractivity contribution in [3.8, 4) is 33.9 Å². The molecule has 0 fully saturated rings. The van der Waals surface area contributed by atoms with E-state index in [2.05, 4.69) is 24.3 Å². The van der Waals surface area contributed by atoms with Crippen LogP contribution in [-0.2, 0) is 0 Å². The molecule has 4 aromatic rings. The molecule has 25 heavy (non-hydrogen) atoms. The first-order valence-corrected chi connectivity index (χ1v) is 8.43. The Hall–Kier alpha value is -2.97. The largest absolute Gasteiger partial charge is 0.228 e. The van der Waals surface area contributed by atoms with Crippen molar-refractivity contribution in [2.75, 3.05) is 0 Å². The highest BCUT2D eigenvalue weighted by Crippen LogP contribution is 2.28. The summed E-state index contributed by atoms with van der Waals surface area (Å²) in [4.78, 5) is 9.54. The van der Waals surface area contributed by atoms with Crippen molar-refractivity contribution in [2.24, 2.45) is 0 Å². The Bertz CT molecular complexity index is 941. The van der Waals surface area contributed by atoms with Gasteiger partial charge in [0.05, 0.1) is 11.4 Å². The fourth-order valence-corrected chi connectivity index (χ4v) is 2.91. The van der Waals surface area contributed by atoms with Crippen molar-refractivity contribution < 1.29 is 0 Å². The maximum atomic E-state index is 6.15. The highest BCUT2D eigenvalue weighted by atomic mass is 35.5. The van der Waals surface area contributed by atoms with Gasteiger partial charge >= 0.3 is 0 Å². The van der Waals surface area contributed by atoms with E-state index in [0.29, 0.717) is 10.8 Å². The van der Waals surface area contributed by atoms with Gasteiger partial charge in [0.2, 0.25) is 0 Å². The van der Waals surface area contributed by atoms with E-state index in [0.717, 1.165) is 28.1 Å². The second-order valence-corrected chi connectivity index (χ2v) is 6.14. The van der Waals surface area contributed by atoms with Gasteiger partial charge in [0, 0.05) is 21.7 Å². The van der Waals surface area contributed by atoms with Gasteiger partial charge in [-0.2, -0.15) is 0 Å². The van der Waals surface area contributed by atoms with E-state index in [4.69, 9.17) is 21.6 Å². The summed E-state index contributed by atoms with van der Waals surface area (Å²) in [7, 11) is 0. The third-order valence-electron chi connectivity index (χ3n) is 3.95. The van der Waals surface area contributed by atoms with E-state index >= 15 is 0 Å². The highest BCUT2D eigenvalue weighted by molar-refractivity contribution is 6.30. The maximum Gasteiger partial charge on any atom is 0.160 e. The van der Waals surface area contributed by atoms with E-state index in [-0.39, 0.29) is 0 Å². The maximum absolute atomic E-state index is 6.15. The van der Waals surface area contributed by atoms with E-state index in [1.807, 2.05) is 66.7 Å². The van der Waals surface area contributed by atoms with Gasteiger partial charge in [-0.15, -0.1) is 0 Å². The van der Waals surface area contributed by atoms with Crippen LogP contribution in [0.2, 0.25) is 5.02 Å². The number of halogens is 1. The van der Waals surface area contributed by atoms with Crippen LogP contribution in [0.4, 0.5) is 0 Å². The predicted octanol–water partition coefficient (Wildman–Crippen LogP) is 6.13. The zero-order valence-electron chi connectivity index (χ0n) is 13.4. The standard InChI is InChI=1S/C22H15ClN2/c23-19-13-7-12-18(14-19)22-24-20(16-8-3-1-4-9-16)15-21(25-22)17-10-5-2-6-11-17/h1-15H. The Morgan fingerprint density at radius 3 is 1.56 bits per heavy atom. The van der Waals surface area contributed by atoms with Crippen molar-refractivity contribution in [1.29, 1.82) is 0 Å². The molecule has 0 aliphatic rings. The minimum atomic E-state index is 0.669. The zero-order chi connectivity index (χ0) is 17.1. The molecule has 3 aromatic carbocycles. The van der Waals surface area contributed by atoms with Crippen molar-refractivity contribution in [3.05, 3.63) is 96.0 Å². The molecule has 0 aliphatic heterocycles. The van der Waals surface area contributed by atoms with Gasteiger partial charge in [-0.3, -0.25) is 0 Å². The van der Waals surface area contributed by atoms with E-state index < -0.39 is 0 Å². The summed E-state index contributed by atoms with van der Waals surface area (Å²) in [6.07, 6.45) is 0. The monoisotopic (exact) mass is 342 g/mol. The number of nitrogens with zero attached hydrogens (tertiary/aromatic N) is 2. The molecule has 4 rings (SSSR count). The van der Waals surface area contributed by atoms with Crippen molar-refractivity contribution in [2.45, 2.75) is 0 Å². The van der Waals surface area contributed by atoms with Crippen LogP contribution in [0.1, 0.15) is 0 Å². The molecule has 0 saturated carbocycles. The molecule has 2 nitrogen and oxygen atoms in total. The lowest BCUT2D eigenvalue weighted by Crippen LogP contribution is -1.95. The topological polar surface area (TPSA) is 25.8 Å². The van der Waals surface area contributed by atoms with E-state index in [1.54, 1.807) is 0 Å². The molecule has 1 heterocycles. The molecule has 0 atom stereocenters. The molecule has 3 heteroatoms. The third-order valence-corrected chi connectivity index (χ3v) is 4.18. The second kappa shape index (κ2) is 6.88. The Labute approximate surface area is 151 Å². The average Bonchev–Trinajstić information content (AvgIpc) is 2.69. The van der Waals surface area contributed by atoms with Crippen LogP contribution in [0.25, 0.3) is 33.9 Å². The Morgan fingerprint density at radius 2 is 1.04 bits per heavy atom. The fourth-order valence-electron chi connectivity index (χ4n) is 2.72. The summed E-state index contributed by atoms with van der Waals surface area (Å²) >= 11 is 6.15. The minimum Gasteiger partial charge on any atom is -0.228 e. The first-order chi connectivity index (χ1) is 12.3. The van der Waals surface area contributed by atoms with Crippen LogP contribution < -0.4 is 0 Å². The normalized spacial score (nSPS) is 10.6. The summed E-state index contributed by atoms with van der Waals surface area (Å²) in [6.45, 7) is 0. The second-order valence-electron chi connectivity index (χ2n) is 5.70. The summed E-state index contributed by atoms with van der Waals surface area (Å²) in [5.74, 6) is 0.669. The summed E-state index contributed by atoms with van der Waals surface area (Å²) < 4.78 is 0. The summed E-state index contributed by atoms with van der Waals surface area (Å²) in [5, 5.41) is 0.674. The van der Waals surface area contributed by atoms with Crippen LogP contribution in [0.3, 0.4) is 0 Å². The molecule has 0 N–H and O–H groups in total.